The van der Waals surface area contributed by atoms with Crippen LogP contribution in [-0.2, 0) is 0 Å². The highest BCUT2D eigenvalue weighted by Crippen LogP contribution is 2.18. The van der Waals surface area contributed by atoms with Crippen molar-refractivity contribution in [1.82, 2.24) is 4.98 Å². The minimum Gasteiger partial charge on any atom is -0.256 e. The van der Waals surface area contributed by atoms with E-state index in [0.717, 1.165) is 21.5 Å². The maximum Gasteiger partial charge on any atom is 0.0703 e. The third kappa shape index (κ3) is 1.78. The third-order valence-corrected chi connectivity index (χ3v) is 2.26. The van der Waals surface area contributed by atoms with Crippen LogP contribution in [0.15, 0.2) is 36.5 Å². The van der Waals surface area contributed by atoms with Crippen LogP contribution >= 0.6 is 11.6 Å². The van der Waals surface area contributed by atoms with E-state index in [2.05, 4.69) is 11.1 Å². The molecule has 0 amide bonds. The Hall–Kier alpha value is -1.34. The van der Waals surface area contributed by atoms with Gasteiger partial charge in [-0.1, -0.05) is 23.8 Å². The van der Waals surface area contributed by atoms with Crippen molar-refractivity contribution >= 4 is 28.6 Å². The summed E-state index contributed by atoms with van der Waals surface area (Å²) in [5, 5.41) is 1.82. The fraction of sp³-hybridized carbons (Fsp3) is 0.0833. The van der Waals surface area contributed by atoms with Crippen LogP contribution in [0.4, 0.5) is 0 Å². The molecule has 0 spiro atoms. The SMILES string of the molecule is C/C=C/c1cnc2ccc(Cl)cc2c1. The molecule has 0 saturated heterocycles. The van der Waals surface area contributed by atoms with E-state index in [0.29, 0.717) is 0 Å². The van der Waals surface area contributed by atoms with E-state index in [9.17, 15) is 0 Å². The van der Waals surface area contributed by atoms with Crippen molar-refractivity contribution < 1.29 is 0 Å². The van der Waals surface area contributed by atoms with Gasteiger partial charge in [0, 0.05) is 16.6 Å². The van der Waals surface area contributed by atoms with Crippen LogP contribution in [0.2, 0.25) is 5.02 Å². The van der Waals surface area contributed by atoms with Crippen LogP contribution in [0.3, 0.4) is 0 Å². The Bertz CT molecular complexity index is 489. The largest absolute Gasteiger partial charge is 0.256 e. The number of hydrogen-bond donors (Lipinski definition) is 0. The second kappa shape index (κ2) is 3.81. The lowest BCUT2D eigenvalue weighted by Crippen LogP contribution is -1.80. The van der Waals surface area contributed by atoms with Gasteiger partial charge in [-0.15, -0.1) is 0 Å². The number of nitrogens with zero attached hydrogens (tertiary/aromatic N) is 1. The summed E-state index contributed by atoms with van der Waals surface area (Å²) >= 11 is 5.90. The van der Waals surface area contributed by atoms with Gasteiger partial charge in [0.2, 0.25) is 0 Å². The van der Waals surface area contributed by atoms with Gasteiger partial charge in [0.15, 0.2) is 0 Å². The minimum absolute atomic E-state index is 0.747. The first-order valence-corrected chi connectivity index (χ1v) is 4.85. The Morgan fingerprint density at radius 2 is 2.14 bits per heavy atom. The number of pyridine rings is 1. The van der Waals surface area contributed by atoms with Crippen molar-refractivity contribution in [3.05, 3.63) is 47.1 Å². The highest BCUT2D eigenvalue weighted by molar-refractivity contribution is 6.31. The number of benzene rings is 1. The van der Waals surface area contributed by atoms with Crippen LogP contribution in [0.25, 0.3) is 17.0 Å². The van der Waals surface area contributed by atoms with Gasteiger partial charge in [0.1, 0.15) is 0 Å². The van der Waals surface area contributed by atoms with Crippen LogP contribution in [0.1, 0.15) is 12.5 Å². The summed E-state index contributed by atoms with van der Waals surface area (Å²) in [5.74, 6) is 0. The monoisotopic (exact) mass is 203 g/mol. The molecule has 0 aliphatic carbocycles. The molecule has 0 aliphatic rings. The zero-order valence-corrected chi connectivity index (χ0v) is 8.62. The van der Waals surface area contributed by atoms with Crippen LogP contribution < -0.4 is 0 Å². The van der Waals surface area contributed by atoms with Gasteiger partial charge in [-0.3, -0.25) is 4.98 Å². The highest BCUT2D eigenvalue weighted by Gasteiger charge is 1.96. The normalized spacial score (nSPS) is 11.3. The molecule has 0 radical (unpaired) electrons. The summed E-state index contributed by atoms with van der Waals surface area (Å²) in [4.78, 5) is 4.33. The molecule has 70 valence electrons. The molecule has 0 atom stereocenters. The molecular weight excluding hydrogens is 194 g/mol. The van der Waals surface area contributed by atoms with Crippen molar-refractivity contribution in [2.45, 2.75) is 6.92 Å². The van der Waals surface area contributed by atoms with Crippen LogP contribution in [-0.4, -0.2) is 4.98 Å². The smallest absolute Gasteiger partial charge is 0.0703 e. The van der Waals surface area contributed by atoms with Gasteiger partial charge in [0.25, 0.3) is 0 Å². The first kappa shape index (κ1) is 9.22. The first-order chi connectivity index (χ1) is 6.79. The Labute approximate surface area is 88.0 Å². The van der Waals surface area contributed by atoms with E-state index >= 15 is 0 Å². The molecule has 2 heteroatoms. The Morgan fingerprint density at radius 1 is 1.29 bits per heavy atom. The van der Waals surface area contributed by atoms with Crippen LogP contribution in [0, 0.1) is 0 Å². The zero-order valence-electron chi connectivity index (χ0n) is 7.87. The van der Waals surface area contributed by atoms with E-state index in [1.807, 2.05) is 43.5 Å². The number of aromatic nitrogens is 1. The summed E-state index contributed by atoms with van der Waals surface area (Å²) in [6.07, 6.45) is 5.87. The summed E-state index contributed by atoms with van der Waals surface area (Å²) in [7, 11) is 0. The number of fused-ring (bicyclic) bond motifs is 1. The topological polar surface area (TPSA) is 12.9 Å². The standard InChI is InChI=1S/C12H10ClN/c1-2-3-9-6-10-7-11(13)4-5-12(10)14-8-9/h2-8H,1H3/b3-2+. The molecule has 1 aromatic carbocycles. The third-order valence-electron chi connectivity index (χ3n) is 2.02. The molecule has 0 saturated carbocycles. The first-order valence-electron chi connectivity index (χ1n) is 4.47. The lowest BCUT2D eigenvalue weighted by molar-refractivity contribution is 1.40. The van der Waals surface area contributed by atoms with Gasteiger partial charge in [-0.25, -0.2) is 0 Å². The van der Waals surface area contributed by atoms with E-state index in [1.165, 1.54) is 0 Å². The van der Waals surface area contributed by atoms with Gasteiger partial charge in [-0.2, -0.15) is 0 Å². The predicted molar refractivity (Wildman–Crippen MR) is 61.5 cm³/mol. The van der Waals surface area contributed by atoms with Gasteiger partial charge < -0.3 is 0 Å². The van der Waals surface area contributed by atoms with Crippen molar-refractivity contribution in [1.29, 1.82) is 0 Å². The van der Waals surface area contributed by atoms with Crippen molar-refractivity contribution in [2.75, 3.05) is 0 Å². The predicted octanol–water partition coefficient (Wildman–Crippen LogP) is 3.92. The van der Waals surface area contributed by atoms with Gasteiger partial charge in [-0.05, 0) is 36.8 Å². The van der Waals surface area contributed by atoms with E-state index in [1.54, 1.807) is 0 Å². The van der Waals surface area contributed by atoms with Crippen LogP contribution in [0.5, 0.6) is 0 Å². The average molecular weight is 204 g/mol. The number of allylic oxidation sites excluding steroid dienone is 1. The summed E-state index contributed by atoms with van der Waals surface area (Å²) in [5.41, 5.74) is 2.07. The number of hydrogen-bond acceptors (Lipinski definition) is 1. The summed E-state index contributed by atoms with van der Waals surface area (Å²) in [6, 6.07) is 7.79. The van der Waals surface area contributed by atoms with E-state index in [-0.39, 0.29) is 0 Å². The number of rotatable bonds is 1. The minimum atomic E-state index is 0.747. The Kier molecular flexibility index (Phi) is 2.51. The van der Waals surface area contributed by atoms with E-state index < -0.39 is 0 Å². The molecule has 0 unspecified atom stereocenters. The fourth-order valence-electron chi connectivity index (χ4n) is 1.40. The Morgan fingerprint density at radius 3 is 2.93 bits per heavy atom. The average Bonchev–Trinajstić information content (AvgIpc) is 2.17. The molecule has 0 aliphatic heterocycles. The lowest BCUT2D eigenvalue weighted by Gasteiger charge is -1.99. The Balaban J connectivity index is 2.63. The van der Waals surface area contributed by atoms with E-state index in [4.69, 9.17) is 11.6 Å². The molecule has 1 nitrogen and oxygen atoms in total. The quantitative estimate of drug-likeness (QED) is 0.685. The summed E-state index contributed by atoms with van der Waals surface area (Å²) in [6.45, 7) is 1.99. The number of halogens is 1. The molecule has 0 fully saturated rings. The highest BCUT2D eigenvalue weighted by atomic mass is 35.5. The summed E-state index contributed by atoms with van der Waals surface area (Å²) < 4.78 is 0. The van der Waals surface area contributed by atoms with Crippen molar-refractivity contribution in [2.24, 2.45) is 0 Å². The molecule has 2 rings (SSSR count). The molecule has 1 aromatic heterocycles. The van der Waals surface area contributed by atoms with Gasteiger partial charge >= 0.3 is 0 Å². The molecule has 0 N–H and O–H groups in total. The molecule has 0 bridgehead atoms. The lowest BCUT2D eigenvalue weighted by atomic mass is 10.1. The molecule has 1 heterocycles. The molecule has 2 aromatic rings. The second-order valence-corrected chi connectivity index (χ2v) is 3.54. The maximum absolute atomic E-state index is 5.90. The fourth-order valence-corrected chi connectivity index (χ4v) is 1.58. The van der Waals surface area contributed by atoms with Gasteiger partial charge in [0.05, 0.1) is 5.52 Å². The second-order valence-electron chi connectivity index (χ2n) is 3.11. The molecule has 14 heavy (non-hydrogen) atoms. The molecular formula is C12H10ClN. The van der Waals surface area contributed by atoms with Crippen molar-refractivity contribution in [3.63, 3.8) is 0 Å². The van der Waals surface area contributed by atoms with Crippen molar-refractivity contribution in [3.8, 4) is 0 Å². The zero-order chi connectivity index (χ0) is 9.97. The maximum atomic E-state index is 5.90.